The standard InChI is InChI=1S/C23H34N4O6/c24-9-16-19(29)22(31-10-11-5-6-12-3-1-2-4-13(12)7-11)17(27)23(32-16)33-21-15(26)8-14(25)18(28)20(21)30/h1-7,14-23,28-30H,8-10,24-27H2. The lowest BCUT2D eigenvalue weighted by Gasteiger charge is -2.46. The highest BCUT2D eigenvalue weighted by Gasteiger charge is 2.48. The van der Waals surface area contributed by atoms with Gasteiger partial charge in [0.05, 0.1) is 18.8 Å². The third-order valence-electron chi connectivity index (χ3n) is 6.59. The van der Waals surface area contributed by atoms with Gasteiger partial charge in [0, 0.05) is 18.6 Å². The van der Waals surface area contributed by atoms with Gasteiger partial charge in [0.15, 0.2) is 6.29 Å². The number of aliphatic hydroxyl groups excluding tert-OH is 3. The molecule has 10 nitrogen and oxygen atoms in total. The Hall–Kier alpha value is -1.70. The fourth-order valence-corrected chi connectivity index (χ4v) is 4.61. The van der Waals surface area contributed by atoms with Gasteiger partial charge in [0.1, 0.15) is 30.5 Å². The van der Waals surface area contributed by atoms with Crippen LogP contribution in [-0.2, 0) is 20.8 Å². The Balaban J connectivity index is 1.47. The summed E-state index contributed by atoms with van der Waals surface area (Å²) in [5.74, 6) is 0. The Morgan fingerprint density at radius 3 is 2.33 bits per heavy atom. The van der Waals surface area contributed by atoms with E-state index in [4.69, 9.17) is 37.1 Å². The molecule has 33 heavy (non-hydrogen) atoms. The smallest absolute Gasteiger partial charge is 0.176 e. The number of hydrogen-bond donors (Lipinski definition) is 7. The lowest BCUT2D eigenvalue weighted by atomic mass is 9.84. The van der Waals surface area contributed by atoms with E-state index in [1.165, 1.54) is 0 Å². The molecule has 182 valence electrons. The van der Waals surface area contributed by atoms with Crippen molar-refractivity contribution in [3.05, 3.63) is 48.0 Å². The lowest BCUT2D eigenvalue weighted by molar-refractivity contribution is -0.293. The third kappa shape index (κ3) is 5.05. The molecule has 2 aromatic carbocycles. The molecular weight excluding hydrogens is 428 g/mol. The summed E-state index contributed by atoms with van der Waals surface area (Å²) in [6.07, 6.45) is -6.95. The summed E-state index contributed by atoms with van der Waals surface area (Å²) in [6, 6.07) is 11.8. The van der Waals surface area contributed by atoms with Crippen LogP contribution in [0.2, 0.25) is 0 Å². The van der Waals surface area contributed by atoms with Crippen LogP contribution in [0.3, 0.4) is 0 Å². The van der Waals surface area contributed by atoms with Crippen LogP contribution in [0.5, 0.6) is 0 Å². The van der Waals surface area contributed by atoms with Crippen LogP contribution in [0.4, 0.5) is 0 Å². The first-order chi connectivity index (χ1) is 15.8. The summed E-state index contributed by atoms with van der Waals surface area (Å²) < 4.78 is 17.7. The maximum atomic E-state index is 10.8. The molecule has 0 bridgehead atoms. The van der Waals surface area contributed by atoms with E-state index in [2.05, 4.69) is 0 Å². The molecule has 2 fully saturated rings. The van der Waals surface area contributed by atoms with Gasteiger partial charge in [-0.25, -0.2) is 0 Å². The molecule has 10 atom stereocenters. The van der Waals surface area contributed by atoms with Crippen LogP contribution in [0.1, 0.15) is 12.0 Å². The second kappa shape index (κ2) is 10.3. The molecule has 1 aliphatic carbocycles. The molecule has 0 aromatic heterocycles. The number of hydrogen-bond acceptors (Lipinski definition) is 10. The minimum Gasteiger partial charge on any atom is -0.389 e. The lowest BCUT2D eigenvalue weighted by Crippen LogP contribution is -2.67. The van der Waals surface area contributed by atoms with E-state index in [1.807, 2.05) is 42.5 Å². The molecule has 4 rings (SSSR count). The van der Waals surface area contributed by atoms with E-state index >= 15 is 0 Å². The van der Waals surface area contributed by atoms with Crippen molar-refractivity contribution in [1.82, 2.24) is 0 Å². The molecule has 11 N–H and O–H groups in total. The van der Waals surface area contributed by atoms with E-state index in [9.17, 15) is 15.3 Å². The van der Waals surface area contributed by atoms with E-state index < -0.39 is 61.0 Å². The van der Waals surface area contributed by atoms with Crippen molar-refractivity contribution in [2.45, 2.75) is 74.1 Å². The topological polar surface area (TPSA) is 192 Å². The Morgan fingerprint density at radius 2 is 1.61 bits per heavy atom. The minimum absolute atomic E-state index is 0.0103. The molecule has 2 aromatic rings. The maximum absolute atomic E-state index is 10.8. The van der Waals surface area contributed by atoms with E-state index in [0.29, 0.717) is 0 Å². The molecule has 2 aliphatic rings. The van der Waals surface area contributed by atoms with Crippen molar-refractivity contribution < 1.29 is 29.5 Å². The summed E-state index contributed by atoms with van der Waals surface area (Å²) >= 11 is 0. The van der Waals surface area contributed by atoms with Gasteiger partial charge in [0.2, 0.25) is 0 Å². The zero-order chi connectivity index (χ0) is 23.7. The molecule has 1 aliphatic heterocycles. The quantitative estimate of drug-likeness (QED) is 0.259. The molecule has 0 radical (unpaired) electrons. The molecule has 0 spiro atoms. The van der Waals surface area contributed by atoms with Crippen molar-refractivity contribution in [2.75, 3.05) is 6.54 Å². The molecule has 1 heterocycles. The summed E-state index contributed by atoms with van der Waals surface area (Å²) in [7, 11) is 0. The summed E-state index contributed by atoms with van der Waals surface area (Å²) in [6.45, 7) is 0.222. The van der Waals surface area contributed by atoms with Crippen LogP contribution in [0.25, 0.3) is 10.8 Å². The van der Waals surface area contributed by atoms with Gasteiger partial charge in [-0.2, -0.15) is 0 Å². The Labute approximate surface area is 192 Å². The van der Waals surface area contributed by atoms with Gasteiger partial charge in [-0.15, -0.1) is 0 Å². The summed E-state index contributed by atoms with van der Waals surface area (Å²) in [4.78, 5) is 0. The van der Waals surface area contributed by atoms with E-state index in [-0.39, 0.29) is 19.6 Å². The van der Waals surface area contributed by atoms with Gasteiger partial charge < -0.3 is 52.5 Å². The van der Waals surface area contributed by atoms with Crippen LogP contribution in [0.15, 0.2) is 42.5 Å². The van der Waals surface area contributed by atoms with Crippen molar-refractivity contribution in [3.63, 3.8) is 0 Å². The van der Waals surface area contributed by atoms with Crippen LogP contribution >= 0.6 is 0 Å². The van der Waals surface area contributed by atoms with Gasteiger partial charge in [-0.1, -0.05) is 36.4 Å². The van der Waals surface area contributed by atoms with Crippen molar-refractivity contribution >= 4 is 10.8 Å². The average Bonchev–Trinajstić information content (AvgIpc) is 2.81. The van der Waals surface area contributed by atoms with E-state index in [1.54, 1.807) is 0 Å². The van der Waals surface area contributed by atoms with Gasteiger partial charge in [0.25, 0.3) is 0 Å². The monoisotopic (exact) mass is 462 g/mol. The Kier molecular flexibility index (Phi) is 7.61. The number of ether oxygens (including phenoxy) is 3. The second-order valence-electron chi connectivity index (χ2n) is 8.95. The third-order valence-corrected chi connectivity index (χ3v) is 6.59. The number of benzene rings is 2. The average molecular weight is 463 g/mol. The number of nitrogens with two attached hydrogens (primary N) is 4. The largest absolute Gasteiger partial charge is 0.389 e. The van der Waals surface area contributed by atoms with Crippen LogP contribution in [0, 0.1) is 0 Å². The highest BCUT2D eigenvalue weighted by atomic mass is 16.7. The highest BCUT2D eigenvalue weighted by molar-refractivity contribution is 5.82. The maximum Gasteiger partial charge on any atom is 0.176 e. The second-order valence-corrected chi connectivity index (χ2v) is 8.95. The first-order valence-corrected chi connectivity index (χ1v) is 11.2. The van der Waals surface area contributed by atoms with Crippen molar-refractivity contribution in [1.29, 1.82) is 0 Å². The predicted octanol–water partition coefficient (Wildman–Crippen LogP) is -1.74. The zero-order valence-electron chi connectivity index (χ0n) is 18.3. The predicted molar refractivity (Wildman–Crippen MR) is 122 cm³/mol. The normalized spacial score (nSPS) is 39.6. The minimum atomic E-state index is -1.31. The molecule has 1 saturated carbocycles. The van der Waals surface area contributed by atoms with Gasteiger partial charge in [-0.05, 0) is 28.8 Å². The molecule has 1 saturated heterocycles. The van der Waals surface area contributed by atoms with Gasteiger partial charge >= 0.3 is 0 Å². The number of aliphatic hydroxyl groups is 3. The number of rotatable bonds is 6. The van der Waals surface area contributed by atoms with Crippen molar-refractivity contribution in [3.8, 4) is 0 Å². The highest BCUT2D eigenvalue weighted by Crippen LogP contribution is 2.29. The molecule has 0 amide bonds. The molecule has 10 unspecified atom stereocenters. The van der Waals surface area contributed by atoms with Crippen molar-refractivity contribution in [2.24, 2.45) is 22.9 Å². The first-order valence-electron chi connectivity index (χ1n) is 11.2. The van der Waals surface area contributed by atoms with Crippen LogP contribution < -0.4 is 22.9 Å². The SMILES string of the molecule is NCC1OC(OC2C(N)CC(N)C(O)C2O)C(N)C(OCc2ccc3ccccc3c2)C1O. The van der Waals surface area contributed by atoms with E-state index in [0.717, 1.165) is 16.3 Å². The zero-order valence-corrected chi connectivity index (χ0v) is 18.3. The number of fused-ring (bicyclic) bond motifs is 1. The fourth-order valence-electron chi connectivity index (χ4n) is 4.61. The van der Waals surface area contributed by atoms with Gasteiger partial charge in [-0.3, -0.25) is 0 Å². The summed E-state index contributed by atoms with van der Waals surface area (Å²) in [5, 5.41) is 33.5. The van der Waals surface area contributed by atoms with Crippen LogP contribution in [-0.4, -0.2) is 82.9 Å². The first kappa shape index (κ1) is 24.4. The molecule has 10 heteroatoms. The molecular formula is C23H34N4O6. The fraction of sp³-hybridized carbons (Fsp3) is 0.565. The Bertz CT molecular complexity index is 935. The summed E-state index contributed by atoms with van der Waals surface area (Å²) in [5.41, 5.74) is 25.0. The Morgan fingerprint density at radius 1 is 0.879 bits per heavy atom.